The Hall–Kier alpha value is -5.42. The van der Waals surface area contributed by atoms with E-state index in [1.165, 1.54) is 21.5 Å². The molecule has 0 amide bonds. The third-order valence-corrected chi connectivity index (χ3v) is 7.33. The van der Waals surface area contributed by atoms with E-state index in [1.807, 2.05) is 48.8 Å². The van der Waals surface area contributed by atoms with Crippen LogP contribution in [0.5, 0.6) is 0 Å². The number of benzene rings is 4. The van der Waals surface area contributed by atoms with Crippen LogP contribution < -0.4 is 0 Å². The Bertz CT molecular complexity index is 2160. The number of rotatable bonds is 3. The van der Waals surface area contributed by atoms with Gasteiger partial charge in [-0.05, 0) is 59.3 Å². The molecule has 182 valence electrons. The molecule has 4 heterocycles. The smallest absolute Gasteiger partial charge is 0.235 e. The largest absolute Gasteiger partial charge is 0.278 e. The second-order valence-corrected chi connectivity index (χ2v) is 9.63. The van der Waals surface area contributed by atoms with Crippen LogP contribution in [0.3, 0.4) is 0 Å². The summed E-state index contributed by atoms with van der Waals surface area (Å²) in [6, 6.07) is 37.7. The maximum absolute atomic E-state index is 5.20. The molecule has 4 aromatic carbocycles. The molecule has 0 spiro atoms. The predicted molar refractivity (Wildman–Crippen MR) is 158 cm³/mol. The summed E-state index contributed by atoms with van der Waals surface area (Å²) in [7, 11) is 0. The van der Waals surface area contributed by atoms with Crippen molar-refractivity contribution in [1.82, 2.24) is 24.5 Å². The third-order valence-electron chi connectivity index (χ3n) is 7.33. The minimum atomic E-state index is 0.640. The van der Waals surface area contributed by atoms with E-state index in [0.29, 0.717) is 5.95 Å². The Morgan fingerprint density at radius 1 is 0.538 bits per heavy atom. The van der Waals surface area contributed by atoms with Crippen molar-refractivity contribution in [2.24, 2.45) is 0 Å². The number of para-hydroxylation sites is 2. The van der Waals surface area contributed by atoms with Gasteiger partial charge in [0.2, 0.25) is 5.95 Å². The molecule has 39 heavy (non-hydrogen) atoms. The fourth-order valence-corrected chi connectivity index (χ4v) is 5.47. The van der Waals surface area contributed by atoms with Crippen molar-refractivity contribution in [3.63, 3.8) is 0 Å². The molecular weight excluding hydrogens is 478 g/mol. The molecule has 0 saturated carbocycles. The SMILES string of the molecule is c1cncc(-c2ccc(-c3nc(-n4c5ccccc5c5cc6ccccc6cc54)nc4ccccc34)cn2)c1. The fraction of sp³-hybridized carbons (Fsp3) is 0. The lowest BCUT2D eigenvalue weighted by Crippen LogP contribution is -2.03. The summed E-state index contributed by atoms with van der Waals surface area (Å²) >= 11 is 0. The zero-order valence-corrected chi connectivity index (χ0v) is 20.9. The van der Waals surface area contributed by atoms with Gasteiger partial charge in [-0.1, -0.05) is 60.7 Å². The summed E-state index contributed by atoms with van der Waals surface area (Å²) in [5.41, 5.74) is 6.70. The number of nitrogens with zero attached hydrogens (tertiary/aromatic N) is 5. The lowest BCUT2D eigenvalue weighted by atomic mass is 10.1. The van der Waals surface area contributed by atoms with Crippen LogP contribution in [0.2, 0.25) is 0 Å². The lowest BCUT2D eigenvalue weighted by molar-refractivity contribution is 1.01. The summed E-state index contributed by atoms with van der Waals surface area (Å²) in [6.07, 6.45) is 5.48. The standard InChI is InChI=1S/C34H21N5/c1-2-9-23-19-32-28(18-22(23)8-1)26-11-4-6-14-31(26)39(32)34-37-30-13-5-3-12-27(30)33(38-34)25-15-16-29(36-21-25)24-10-7-17-35-20-24/h1-21H. The Balaban J connectivity index is 1.39. The average Bonchev–Trinajstić information content (AvgIpc) is 3.33. The van der Waals surface area contributed by atoms with Crippen LogP contribution in [0.1, 0.15) is 0 Å². The van der Waals surface area contributed by atoms with Crippen molar-refractivity contribution in [2.75, 3.05) is 0 Å². The Labute approximate surface area is 224 Å². The molecule has 0 N–H and O–H groups in total. The quantitative estimate of drug-likeness (QED) is 0.247. The zero-order chi connectivity index (χ0) is 25.8. The molecule has 0 saturated heterocycles. The molecule has 8 rings (SSSR count). The minimum absolute atomic E-state index is 0.640. The molecule has 4 aromatic heterocycles. The minimum Gasteiger partial charge on any atom is -0.278 e. The Morgan fingerprint density at radius 3 is 2.15 bits per heavy atom. The Morgan fingerprint density at radius 2 is 1.33 bits per heavy atom. The van der Waals surface area contributed by atoms with Gasteiger partial charge in [0.25, 0.3) is 0 Å². The summed E-state index contributed by atoms with van der Waals surface area (Å²) < 4.78 is 2.19. The topological polar surface area (TPSA) is 56.5 Å². The molecule has 5 heteroatoms. The molecule has 5 nitrogen and oxygen atoms in total. The van der Waals surface area contributed by atoms with E-state index in [4.69, 9.17) is 15.0 Å². The fourth-order valence-electron chi connectivity index (χ4n) is 5.47. The highest BCUT2D eigenvalue weighted by molar-refractivity contribution is 6.13. The molecule has 0 unspecified atom stereocenters. The zero-order valence-electron chi connectivity index (χ0n) is 20.9. The van der Waals surface area contributed by atoms with E-state index in [1.54, 1.807) is 6.20 Å². The van der Waals surface area contributed by atoms with Gasteiger partial charge in [0, 0.05) is 45.9 Å². The van der Waals surface area contributed by atoms with Crippen LogP contribution >= 0.6 is 0 Å². The molecule has 0 fully saturated rings. The number of fused-ring (bicyclic) bond motifs is 5. The predicted octanol–water partition coefficient (Wildman–Crippen LogP) is 8.00. The van der Waals surface area contributed by atoms with E-state index < -0.39 is 0 Å². The Kier molecular flexibility index (Phi) is 4.76. The first kappa shape index (κ1) is 21.6. The molecule has 0 aliphatic carbocycles. The average molecular weight is 500 g/mol. The monoisotopic (exact) mass is 499 g/mol. The highest BCUT2D eigenvalue weighted by Gasteiger charge is 2.18. The van der Waals surface area contributed by atoms with E-state index in [9.17, 15) is 0 Å². The van der Waals surface area contributed by atoms with Crippen molar-refractivity contribution < 1.29 is 0 Å². The maximum Gasteiger partial charge on any atom is 0.235 e. The highest BCUT2D eigenvalue weighted by atomic mass is 15.2. The van der Waals surface area contributed by atoms with Crippen LogP contribution in [-0.2, 0) is 0 Å². The first-order chi connectivity index (χ1) is 19.3. The van der Waals surface area contributed by atoms with E-state index in [2.05, 4.69) is 82.3 Å². The van der Waals surface area contributed by atoms with E-state index in [-0.39, 0.29) is 0 Å². The second-order valence-electron chi connectivity index (χ2n) is 9.63. The van der Waals surface area contributed by atoms with Crippen molar-refractivity contribution in [1.29, 1.82) is 0 Å². The summed E-state index contributed by atoms with van der Waals surface area (Å²) in [6.45, 7) is 0. The number of hydrogen-bond donors (Lipinski definition) is 0. The summed E-state index contributed by atoms with van der Waals surface area (Å²) in [4.78, 5) is 19.2. The van der Waals surface area contributed by atoms with Gasteiger partial charge >= 0.3 is 0 Å². The van der Waals surface area contributed by atoms with Gasteiger partial charge in [-0.25, -0.2) is 9.97 Å². The van der Waals surface area contributed by atoms with Crippen molar-refractivity contribution in [3.05, 3.63) is 128 Å². The molecule has 0 atom stereocenters. The van der Waals surface area contributed by atoms with Crippen LogP contribution in [-0.4, -0.2) is 24.5 Å². The van der Waals surface area contributed by atoms with Crippen molar-refractivity contribution >= 4 is 43.5 Å². The number of pyridine rings is 2. The third kappa shape index (κ3) is 3.48. The molecule has 0 aliphatic heterocycles. The van der Waals surface area contributed by atoms with Crippen LogP contribution in [0.15, 0.2) is 128 Å². The summed E-state index contributed by atoms with van der Waals surface area (Å²) in [5.74, 6) is 0.640. The van der Waals surface area contributed by atoms with Gasteiger partial charge in [-0.15, -0.1) is 0 Å². The molecule has 0 bridgehead atoms. The molecule has 8 aromatic rings. The van der Waals surface area contributed by atoms with Crippen molar-refractivity contribution in [3.8, 4) is 28.5 Å². The van der Waals surface area contributed by atoms with Gasteiger partial charge in [0.1, 0.15) is 0 Å². The first-order valence-electron chi connectivity index (χ1n) is 12.9. The molecule has 0 radical (unpaired) electrons. The molecular formula is C34H21N5. The van der Waals surface area contributed by atoms with Crippen LogP contribution in [0.4, 0.5) is 0 Å². The van der Waals surface area contributed by atoms with E-state index in [0.717, 1.165) is 44.5 Å². The van der Waals surface area contributed by atoms with Gasteiger partial charge in [0.15, 0.2) is 0 Å². The maximum atomic E-state index is 5.20. The van der Waals surface area contributed by atoms with E-state index >= 15 is 0 Å². The van der Waals surface area contributed by atoms with Gasteiger partial charge < -0.3 is 0 Å². The highest BCUT2D eigenvalue weighted by Crippen LogP contribution is 2.35. The van der Waals surface area contributed by atoms with Crippen LogP contribution in [0.25, 0.3) is 71.9 Å². The normalized spacial score (nSPS) is 11.6. The van der Waals surface area contributed by atoms with Gasteiger partial charge in [-0.2, -0.15) is 0 Å². The van der Waals surface area contributed by atoms with Crippen molar-refractivity contribution in [2.45, 2.75) is 0 Å². The second kappa shape index (κ2) is 8.57. The molecule has 0 aliphatic rings. The number of aromatic nitrogens is 5. The lowest BCUT2D eigenvalue weighted by Gasteiger charge is -2.12. The first-order valence-corrected chi connectivity index (χ1v) is 12.9. The number of hydrogen-bond acceptors (Lipinski definition) is 4. The van der Waals surface area contributed by atoms with Crippen LogP contribution in [0, 0.1) is 0 Å². The van der Waals surface area contributed by atoms with Gasteiger partial charge in [0.05, 0.1) is 27.9 Å². The summed E-state index contributed by atoms with van der Waals surface area (Å²) in [5, 5.41) is 5.76. The van der Waals surface area contributed by atoms with Gasteiger partial charge in [-0.3, -0.25) is 14.5 Å².